The Morgan fingerprint density at radius 3 is 2.29 bits per heavy atom. The molecule has 0 aliphatic carbocycles. The van der Waals surface area contributed by atoms with Gasteiger partial charge in [-0.2, -0.15) is 0 Å². The first-order chi connectivity index (χ1) is 13.2. The van der Waals surface area contributed by atoms with Crippen LogP contribution in [-0.4, -0.2) is 67.3 Å². The minimum atomic E-state index is -1.66. The van der Waals surface area contributed by atoms with Gasteiger partial charge < -0.3 is 20.4 Å². The summed E-state index contributed by atoms with van der Waals surface area (Å²) in [5, 5.41) is 5.09. The SMILES string of the molecule is CCNC(=NCC(=O)Nc1ccc(F)c(F)c1F)N(C)CC(=O)N(CC)CC. The standard InChI is InChI=1S/C18H26F3N5O2/c1-5-22-18(25(4)11-15(28)26(6-2)7-3)23-10-14(27)24-13-9-8-12(19)16(20)17(13)21/h8-9H,5-7,10-11H2,1-4H3,(H,22,23)(H,24,27). The molecule has 0 aliphatic rings. The summed E-state index contributed by atoms with van der Waals surface area (Å²) < 4.78 is 39.8. The summed E-state index contributed by atoms with van der Waals surface area (Å²) in [7, 11) is 1.65. The highest BCUT2D eigenvalue weighted by molar-refractivity contribution is 5.94. The summed E-state index contributed by atoms with van der Waals surface area (Å²) in [5.74, 6) is -4.99. The van der Waals surface area contributed by atoms with Gasteiger partial charge in [0.05, 0.1) is 12.2 Å². The molecule has 0 bridgehead atoms. The van der Waals surface area contributed by atoms with Crippen molar-refractivity contribution in [3.8, 4) is 0 Å². The molecular formula is C18H26F3N5O2. The molecule has 7 nitrogen and oxygen atoms in total. The second kappa shape index (κ2) is 11.2. The molecule has 1 rings (SSSR count). The molecule has 1 aromatic rings. The Balaban J connectivity index is 2.79. The first-order valence-electron chi connectivity index (χ1n) is 8.95. The number of anilines is 1. The van der Waals surface area contributed by atoms with Crippen molar-refractivity contribution < 1.29 is 22.8 Å². The van der Waals surface area contributed by atoms with Gasteiger partial charge in [-0.05, 0) is 32.9 Å². The molecule has 2 N–H and O–H groups in total. The Labute approximate surface area is 162 Å². The number of hydrogen-bond donors (Lipinski definition) is 2. The van der Waals surface area contributed by atoms with Crippen molar-refractivity contribution >= 4 is 23.5 Å². The van der Waals surface area contributed by atoms with Gasteiger partial charge in [0.15, 0.2) is 23.4 Å². The van der Waals surface area contributed by atoms with Crippen molar-refractivity contribution in [2.45, 2.75) is 20.8 Å². The lowest BCUT2D eigenvalue weighted by Gasteiger charge is -2.25. The molecule has 0 aromatic heterocycles. The molecule has 10 heteroatoms. The van der Waals surface area contributed by atoms with Crippen LogP contribution in [0.2, 0.25) is 0 Å². The van der Waals surface area contributed by atoms with Crippen LogP contribution < -0.4 is 10.6 Å². The molecule has 0 saturated carbocycles. The van der Waals surface area contributed by atoms with E-state index in [1.807, 2.05) is 20.8 Å². The number of hydrogen-bond acceptors (Lipinski definition) is 3. The average Bonchev–Trinajstić information content (AvgIpc) is 2.66. The van der Waals surface area contributed by atoms with E-state index in [4.69, 9.17) is 0 Å². The van der Waals surface area contributed by atoms with Crippen LogP contribution in [0.15, 0.2) is 17.1 Å². The summed E-state index contributed by atoms with van der Waals surface area (Å²) in [6, 6.07) is 1.64. The maximum Gasteiger partial charge on any atom is 0.246 e. The second-order valence-electron chi connectivity index (χ2n) is 5.86. The van der Waals surface area contributed by atoms with Crippen LogP contribution in [0, 0.1) is 17.5 Å². The molecule has 0 spiro atoms. The van der Waals surface area contributed by atoms with Crippen LogP contribution >= 0.6 is 0 Å². The summed E-state index contributed by atoms with van der Waals surface area (Å²) in [6.45, 7) is 6.91. The zero-order chi connectivity index (χ0) is 21.3. The quantitative estimate of drug-likeness (QED) is 0.396. The predicted octanol–water partition coefficient (Wildman–Crippen LogP) is 1.81. The normalized spacial score (nSPS) is 11.2. The van der Waals surface area contributed by atoms with Gasteiger partial charge in [0, 0.05) is 26.7 Å². The number of rotatable bonds is 8. The second-order valence-corrected chi connectivity index (χ2v) is 5.86. The van der Waals surface area contributed by atoms with E-state index >= 15 is 0 Å². The highest BCUT2D eigenvalue weighted by Crippen LogP contribution is 2.19. The summed E-state index contributed by atoms with van der Waals surface area (Å²) in [4.78, 5) is 31.5. The third-order valence-corrected chi connectivity index (χ3v) is 3.87. The van der Waals surface area contributed by atoms with E-state index < -0.39 is 35.6 Å². The third-order valence-electron chi connectivity index (χ3n) is 3.87. The molecule has 0 fully saturated rings. The van der Waals surface area contributed by atoms with E-state index in [1.165, 1.54) is 0 Å². The van der Waals surface area contributed by atoms with Crippen molar-refractivity contribution in [1.82, 2.24) is 15.1 Å². The zero-order valence-corrected chi connectivity index (χ0v) is 16.5. The minimum Gasteiger partial charge on any atom is -0.356 e. The molecule has 0 saturated heterocycles. The molecular weight excluding hydrogens is 375 g/mol. The molecule has 0 atom stereocenters. The van der Waals surface area contributed by atoms with Gasteiger partial charge in [-0.25, -0.2) is 18.2 Å². The van der Waals surface area contributed by atoms with E-state index in [9.17, 15) is 22.8 Å². The molecule has 0 unspecified atom stereocenters. The van der Waals surface area contributed by atoms with Gasteiger partial charge in [0.2, 0.25) is 11.8 Å². The van der Waals surface area contributed by atoms with Gasteiger partial charge in [0.1, 0.15) is 6.54 Å². The van der Waals surface area contributed by atoms with E-state index in [-0.39, 0.29) is 12.5 Å². The minimum absolute atomic E-state index is 0.0624. The summed E-state index contributed by atoms with van der Waals surface area (Å²) in [6.07, 6.45) is 0. The molecule has 0 radical (unpaired) electrons. The molecule has 0 aliphatic heterocycles. The summed E-state index contributed by atoms with van der Waals surface area (Å²) in [5.41, 5.74) is -0.478. The van der Waals surface area contributed by atoms with Crippen LogP contribution in [0.1, 0.15) is 20.8 Å². The number of nitrogens with zero attached hydrogens (tertiary/aromatic N) is 3. The Morgan fingerprint density at radius 2 is 1.71 bits per heavy atom. The smallest absolute Gasteiger partial charge is 0.246 e. The largest absolute Gasteiger partial charge is 0.356 e. The van der Waals surface area contributed by atoms with Crippen molar-refractivity contribution in [2.24, 2.45) is 4.99 Å². The van der Waals surface area contributed by atoms with Crippen molar-refractivity contribution in [1.29, 1.82) is 0 Å². The lowest BCUT2D eigenvalue weighted by atomic mass is 10.3. The monoisotopic (exact) mass is 401 g/mol. The maximum atomic E-state index is 13.6. The van der Waals surface area contributed by atoms with Gasteiger partial charge in [0.25, 0.3) is 0 Å². The predicted molar refractivity (Wildman–Crippen MR) is 101 cm³/mol. The Kier molecular flexibility index (Phi) is 9.26. The number of halogens is 3. The van der Waals surface area contributed by atoms with Crippen LogP contribution in [0.25, 0.3) is 0 Å². The fourth-order valence-electron chi connectivity index (χ4n) is 2.38. The summed E-state index contributed by atoms with van der Waals surface area (Å²) >= 11 is 0. The van der Waals surface area contributed by atoms with Crippen LogP contribution in [0.3, 0.4) is 0 Å². The number of guanidine groups is 1. The van der Waals surface area contributed by atoms with E-state index in [0.717, 1.165) is 6.07 Å². The Morgan fingerprint density at radius 1 is 1.07 bits per heavy atom. The lowest BCUT2D eigenvalue weighted by Crippen LogP contribution is -2.46. The number of benzene rings is 1. The highest BCUT2D eigenvalue weighted by Gasteiger charge is 2.17. The fraction of sp³-hybridized carbons (Fsp3) is 0.500. The first kappa shape index (κ1) is 23.3. The fourth-order valence-corrected chi connectivity index (χ4v) is 2.38. The lowest BCUT2D eigenvalue weighted by molar-refractivity contribution is -0.131. The van der Waals surface area contributed by atoms with Crippen molar-refractivity contribution in [3.63, 3.8) is 0 Å². The van der Waals surface area contributed by atoms with Crippen LogP contribution in [0.5, 0.6) is 0 Å². The molecule has 1 aromatic carbocycles. The van der Waals surface area contributed by atoms with Gasteiger partial charge in [-0.3, -0.25) is 9.59 Å². The zero-order valence-electron chi connectivity index (χ0n) is 16.5. The topological polar surface area (TPSA) is 77.0 Å². The number of aliphatic imine (C=N–C) groups is 1. The molecule has 0 heterocycles. The van der Waals surface area contributed by atoms with E-state index in [1.54, 1.807) is 16.8 Å². The number of carbonyl (C=O) groups excluding carboxylic acids is 2. The maximum absolute atomic E-state index is 13.6. The van der Waals surface area contributed by atoms with Gasteiger partial charge >= 0.3 is 0 Å². The number of carbonyl (C=O) groups is 2. The van der Waals surface area contributed by atoms with Crippen molar-refractivity contribution in [2.75, 3.05) is 45.1 Å². The van der Waals surface area contributed by atoms with Crippen LogP contribution in [0.4, 0.5) is 18.9 Å². The van der Waals surface area contributed by atoms with Gasteiger partial charge in [-0.1, -0.05) is 0 Å². The molecule has 28 heavy (non-hydrogen) atoms. The number of nitrogens with one attached hydrogen (secondary N) is 2. The van der Waals surface area contributed by atoms with Crippen LogP contribution in [-0.2, 0) is 9.59 Å². The van der Waals surface area contributed by atoms with E-state index in [0.29, 0.717) is 31.7 Å². The van der Waals surface area contributed by atoms with Crippen molar-refractivity contribution in [3.05, 3.63) is 29.6 Å². The number of amides is 2. The molecule has 156 valence electrons. The first-order valence-corrected chi connectivity index (χ1v) is 8.95. The Hall–Kier alpha value is -2.78. The van der Waals surface area contributed by atoms with E-state index in [2.05, 4.69) is 15.6 Å². The average molecular weight is 401 g/mol. The Bertz CT molecular complexity index is 723. The number of likely N-dealkylation sites (N-methyl/N-ethyl adjacent to an activating group) is 2. The highest BCUT2D eigenvalue weighted by atomic mass is 19.2. The van der Waals surface area contributed by atoms with Gasteiger partial charge in [-0.15, -0.1) is 0 Å². The third kappa shape index (κ3) is 6.43. The molecule has 2 amide bonds.